The standard InChI is InChI=1S/C43H51FN2O14S/c1-45-42(49)40-35-25-34(30-7-8-30)36(26-39(35)60-41(40)32-9-11-33(44)12-10-32)46(61(2,52)53)13-14-54-15-16-55-17-18-56-19-20-57-21-22-58-23-24-59-28-29-3-5-31(6-4-29)37(47)27-38(48)43(50)51/h3-6,9-12,25-27,30,48H,7-8,13-24,28H2,1-2H3,(H,45,49)(H,50,51). The molecule has 3 aromatic carbocycles. The van der Waals surface area contributed by atoms with Gasteiger partial charge in [0.05, 0.1) is 103 Å². The van der Waals surface area contributed by atoms with Crippen molar-refractivity contribution in [3.63, 3.8) is 0 Å². The molecule has 1 aromatic heterocycles. The second kappa shape index (κ2) is 23.1. The molecule has 1 aliphatic rings. The third-order valence-electron chi connectivity index (χ3n) is 9.38. The van der Waals surface area contributed by atoms with E-state index >= 15 is 0 Å². The lowest BCUT2D eigenvalue weighted by Crippen LogP contribution is -2.34. The maximum atomic E-state index is 13.7. The summed E-state index contributed by atoms with van der Waals surface area (Å²) < 4.78 is 80.8. The highest BCUT2D eigenvalue weighted by Crippen LogP contribution is 2.48. The summed E-state index contributed by atoms with van der Waals surface area (Å²) in [4.78, 5) is 35.7. The van der Waals surface area contributed by atoms with Crippen LogP contribution in [0.15, 0.2) is 76.9 Å². The number of sulfonamides is 1. The van der Waals surface area contributed by atoms with Crippen LogP contribution in [0, 0.1) is 5.82 Å². The van der Waals surface area contributed by atoms with Gasteiger partial charge in [0, 0.05) is 35.7 Å². The Morgan fingerprint density at radius 2 is 1.34 bits per heavy atom. The number of carbonyl (C=O) groups is 3. The molecule has 1 aliphatic carbocycles. The fourth-order valence-corrected chi connectivity index (χ4v) is 7.10. The van der Waals surface area contributed by atoms with Gasteiger partial charge in [0.1, 0.15) is 17.2 Å². The van der Waals surface area contributed by atoms with Gasteiger partial charge in [-0.15, -0.1) is 0 Å². The number of aliphatic carboxylic acids is 1. The Hall–Kier alpha value is -5.21. The summed E-state index contributed by atoms with van der Waals surface area (Å²) in [6, 6.07) is 15.5. The number of anilines is 1. The van der Waals surface area contributed by atoms with Crippen LogP contribution >= 0.6 is 0 Å². The number of allylic oxidation sites excluding steroid dienone is 1. The zero-order valence-electron chi connectivity index (χ0n) is 34.1. The number of amides is 1. The molecular formula is C43H51FN2O14S. The fraction of sp³-hybridized carbons (Fsp3) is 0.419. The molecule has 0 unspecified atom stereocenters. The number of ether oxygens (including phenoxy) is 6. The van der Waals surface area contributed by atoms with Crippen molar-refractivity contribution in [1.29, 1.82) is 0 Å². The summed E-state index contributed by atoms with van der Waals surface area (Å²) >= 11 is 0. The molecule has 18 heteroatoms. The first-order valence-electron chi connectivity index (χ1n) is 19.7. The Kier molecular flexibility index (Phi) is 17.8. The molecule has 16 nitrogen and oxygen atoms in total. The summed E-state index contributed by atoms with van der Waals surface area (Å²) in [5.74, 6) is -3.63. The first kappa shape index (κ1) is 46.8. The Bertz CT molecular complexity index is 2220. The predicted octanol–water partition coefficient (Wildman–Crippen LogP) is 5.25. The van der Waals surface area contributed by atoms with Crippen molar-refractivity contribution in [2.24, 2.45) is 0 Å². The number of carbonyl (C=O) groups excluding carboxylic acids is 2. The zero-order valence-corrected chi connectivity index (χ0v) is 34.9. The van der Waals surface area contributed by atoms with Crippen molar-refractivity contribution < 1.29 is 70.2 Å². The lowest BCUT2D eigenvalue weighted by Gasteiger charge is -2.25. The molecule has 61 heavy (non-hydrogen) atoms. The molecule has 0 saturated heterocycles. The molecule has 0 bridgehead atoms. The van der Waals surface area contributed by atoms with E-state index in [2.05, 4.69) is 5.32 Å². The van der Waals surface area contributed by atoms with E-state index in [9.17, 15) is 32.3 Å². The Balaban J connectivity index is 0.931. The first-order chi connectivity index (χ1) is 29.4. The van der Waals surface area contributed by atoms with Crippen LogP contribution in [-0.2, 0) is 49.8 Å². The minimum atomic E-state index is -3.74. The number of aliphatic hydroxyl groups excluding tert-OH is 1. The van der Waals surface area contributed by atoms with Gasteiger partial charge in [-0.3, -0.25) is 13.9 Å². The van der Waals surface area contributed by atoms with E-state index in [1.807, 2.05) is 6.07 Å². The second-order valence-electron chi connectivity index (χ2n) is 13.9. The lowest BCUT2D eigenvalue weighted by molar-refractivity contribution is -0.135. The minimum Gasteiger partial charge on any atom is -0.502 e. The highest BCUT2D eigenvalue weighted by molar-refractivity contribution is 7.92. The third kappa shape index (κ3) is 14.2. The SMILES string of the molecule is CNC(=O)c1c(-c2ccc(F)cc2)oc2cc(N(CCOCCOCCOCCOCCOCCOCc3ccc(C(=O)C=C(O)C(=O)O)cc3)S(C)(=O)=O)c(C3CC3)cc12. The van der Waals surface area contributed by atoms with Crippen LogP contribution in [0.5, 0.6) is 0 Å². The van der Waals surface area contributed by atoms with Gasteiger partial charge in [0.15, 0.2) is 5.78 Å². The smallest absolute Gasteiger partial charge is 0.371 e. The molecule has 0 radical (unpaired) electrons. The van der Waals surface area contributed by atoms with Crippen LogP contribution in [0.3, 0.4) is 0 Å². The van der Waals surface area contributed by atoms with Gasteiger partial charge in [-0.25, -0.2) is 17.6 Å². The van der Waals surface area contributed by atoms with Gasteiger partial charge in [-0.05, 0) is 60.2 Å². The van der Waals surface area contributed by atoms with E-state index in [0.29, 0.717) is 93.3 Å². The van der Waals surface area contributed by atoms with Crippen LogP contribution in [0.4, 0.5) is 10.1 Å². The third-order valence-corrected chi connectivity index (χ3v) is 10.6. The van der Waals surface area contributed by atoms with Gasteiger partial charge >= 0.3 is 5.97 Å². The van der Waals surface area contributed by atoms with Gasteiger partial charge in [-0.1, -0.05) is 24.3 Å². The zero-order chi connectivity index (χ0) is 43.8. The molecule has 1 saturated carbocycles. The van der Waals surface area contributed by atoms with E-state index in [0.717, 1.165) is 30.2 Å². The average Bonchev–Trinajstić information content (AvgIpc) is 4.02. The summed E-state index contributed by atoms with van der Waals surface area (Å²) in [5.41, 5.74) is 3.45. The maximum Gasteiger partial charge on any atom is 0.371 e. The molecule has 4 aromatic rings. The summed E-state index contributed by atoms with van der Waals surface area (Å²) in [6.45, 7) is 3.89. The number of hydrogen-bond acceptors (Lipinski definition) is 13. The van der Waals surface area contributed by atoms with E-state index in [4.69, 9.17) is 37.9 Å². The lowest BCUT2D eigenvalue weighted by atomic mass is 10.0. The molecular weight excluding hydrogens is 820 g/mol. The van der Waals surface area contributed by atoms with Crippen LogP contribution in [0.1, 0.15) is 50.6 Å². The van der Waals surface area contributed by atoms with Crippen LogP contribution in [0.25, 0.3) is 22.3 Å². The number of ketones is 1. The molecule has 1 amide bonds. The summed E-state index contributed by atoms with van der Waals surface area (Å²) in [5, 5.41) is 21.1. The normalized spacial score (nSPS) is 13.1. The summed E-state index contributed by atoms with van der Waals surface area (Å²) in [7, 11) is -2.22. The predicted molar refractivity (Wildman–Crippen MR) is 222 cm³/mol. The quantitative estimate of drug-likeness (QED) is 0.0288. The van der Waals surface area contributed by atoms with Crippen LogP contribution in [-0.4, -0.2) is 129 Å². The number of aliphatic hydroxyl groups is 1. The van der Waals surface area contributed by atoms with E-state index in [1.165, 1.54) is 47.8 Å². The maximum absolute atomic E-state index is 13.7. The van der Waals surface area contributed by atoms with Gasteiger partial charge in [-0.2, -0.15) is 0 Å². The number of nitrogens with one attached hydrogen (secondary N) is 1. The van der Waals surface area contributed by atoms with E-state index in [-0.39, 0.29) is 49.5 Å². The number of furan rings is 1. The van der Waals surface area contributed by atoms with Crippen molar-refractivity contribution in [3.8, 4) is 11.3 Å². The molecule has 0 spiro atoms. The summed E-state index contributed by atoms with van der Waals surface area (Å²) in [6.07, 6.45) is 3.56. The Labute approximate surface area is 353 Å². The number of carboxylic acid groups (broad SMARTS) is 1. The van der Waals surface area contributed by atoms with Gasteiger partial charge < -0.3 is 48.4 Å². The number of hydrogen-bond donors (Lipinski definition) is 3. The topological polar surface area (TPSA) is 210 Å². The molecule has 1 fully saturated rings. The largest absolute Gasteiger partial charge is 0.502 e. The average molecular weight is 871 g/mol. The van der Waals surface area contributed by atoms with Crippen molar-refractivity contribution in [3.05, 3.63) is 101 Å². The van der Waals surface area contributed by atoms with Crippen LogP contribution < -0.4 is 9.62 Å². The molecule has 5 rings (SSSR count). The van der Waals surface area contributed by atoms with Crippen molar-refractivity contribution in [2.45, 2.75) is 25.4 Å². The molecule has 3 N–H and O–H groups in total. The number of fused-ring (bicyclic) bond motifs is 1. The second-order valence-corrected chi connectivity index (χ2v) is 15.8. The van der Waals surface area contributed by atoms with Crippen molar-refractivity contribution >= 4 is 44.3 Å². The first-order valence-corrected chi connectivity index (χ1v) is 21.5. The van der Waals surface area contributed by atoms with Gasteiger partial charge in [0.25, 0.3) is 5.91 Å². The van der Waals surface area contributed by atoms with Crippen LogP contribution in [0.2, 0.25) is 0 Å². The number of halogens is 1. The Morgan fingerprint density at radius 3 is 1.85 bits per heavy atom. The number of nitrogens with zero attached hydrogens (tertiary/aromatic N) is 1. The monoisotopic (exact) mass is 870 g/mol. The minimum absolute atomic E-state index is 0.0488. The molecule has 0 atom stereocenters. The highest BCUT2D eigenvalue weighted by Gasteiger charge is 2.33. The van der Waals surface area contributed by atoms with Gasteiger partial charge in [0.2, 0.25) is 15.8 Å². The fourth-order valence-electron chi connectivity index (χ4n) is 6.18. The molecule has 0 aliphatic heterocycles. The number of benzene rings is 3. The van der Waals surface area contributed by atoms with E-state index in [1.54, 1.807) is 18.2 Å². The van der Waals surface area contributed by atoms with E-state index < -0.39 is 33.4 Å². The van der Waals surface area contributed by atoms with Crippen molar-refractivity contribution in [2.75, 3.05) is 96.8 Å². The highest BCUT2D eigenvalue weighted by atomic mass is 32.2. The Morgan fingerprint density at radius 1 is 0.803 bits per heavy atom. The number of rotatable bonds is 28. The molecule has 330 valence electrons. The number of carboxylic acids is 1. The van der Waals surface area contributed by atoms with Crippen molar-refractivity contribution in [1.82, 2.24) is 5.32 Å². The molecule has 1 heterocycles.